The Hall–Kier alpha value is -0.340. The van der Waals surface area contributed by atoms with Crippen LogP contribution < -0.4 is 0 Å². The minimum Gasteiger partial charge on any atom is -0.296 e. The normalized spacial score (nSPS) is 22.8. The summed E-state index contributed by atoms with van der Waals surface area (Å²) in [5.41, 5.74) is 1.40. The van der Waals surface area contributed by atoms with Gasteiger partial charge in [-0.2, -0.15) is 0 Å². The summed E-state index contributed by atoms with van der Waals surface area (Å²) >= 11 is 3.57. The predicted molar refractivity (Wildman–Crippen MR) is 58.6 cm³/mol. The molecule has 1 aromatic rings. The van der Waals surface area contributed by atoms with Crippen molar-refractivity contribution in [3.63, 3.8) is 0 Å². The van der Waals surface area contributed by atoms with Gasteiger partial charge in [-0.3, -0.25) is 4.90 Å². The summed E-state index contributed by atoms with van der Waals surface area (Å²) in [7, 11) is 0. The Morgan fingerprint density at radius 1 is 1.46 bits per heavy atom. The summed E-state index contributed by atoms with van der Waals surface area (Å²) in [5, 5.41) is 0. The van der Waals surface area contributed by atoms with E-state index in [0.29, 0.717) is 0 Å². The second-order valence-corrected chi connectivity index (χ2v) is 4.55. The van der Waals surface area contributed by atoms with E-state index in [-0.39, 0.29) is 0 Å². The van der Waals surface area contributed by atoms with Gasteiger partial charge in [0.1, 0.15) is 0 Å². The molecule has 2 heteroatoms. The van der Waals surface area contributed by atoms with Crippen LogP contribution >= 0.6 is 15.9 Å². The third-order valence-electron chi connectivity index (χ3n) is 2.79. The second-order valence-electron chi connectivity index (χ2n) is 3.70. The molecule has 1 aromatic carbocycles. The van der Waals surface area contributed by atoms with E-state index >= 15 is 0 Å². The smallest absolute Gasteiger partial charge is 0.0247 e. The van der Waals surface area contributed by atoms with E-state index in [1.165, 1.54) is 23.0 Å². The average Bonchev–Trinajstić information content (AvgIpc) is 2.14. The second kappa shape index (κ2) is 3.81. The SMILES string of the molecule is CC1CCN1Cc1ccccc1Br. The van der Waals surface area contributed by atoms with Crippen molar-refractivity contribution in [3.05, 3.63) is 34.3 Å². The first-order valence-corrected chi connectivity index (χ1v) is 5.54. The quantitative estimate of drug-likeness (QED) is 0.767. The molecule has 1 nitrogen and oxygen atoms in total. The first-order chi connectivity index (χ1) is 6.27. The molecule has 0 bridgehead atoms. The van der Waals surface area contributed by atoms with Crippen LogP contribution in [0.3, 0.4) is 0 Å². The van der Waals surface area contributed by atoms with Crippen molar-refractivity contribution >= 4 is 15.9 Å². The third kappa shape index (κ3) is 1.94. The summed E-state index contributed by atoms with van der Waals surface area (Å²) in [4.78, 5) is 2.50. The Balaban J connectivity index is 2.05. The van der Waals surface area contributed by atoms with Gasteiger partial charge in [-0.15, -0.1) is 0 Å². The molecule has 1 atom stereocenters. The average molecular weight is 240 g/mol. The third-order valence-corrected chi connectivity index (χ3v) is 3.56. The topological polar surface area (TPSA) is 3.24 Å². The predicted octanol–water partition coefficient (Wildman–Crippen LogP) is 3.04. The van der Waals surface area contributed by atoms with E-state index in [9.17, 15) is 0 Å². The summed E-state index contributed by atoms with van der Waals surface area (Å²) in [6.07, 6.45) is 1.35. The molecule has 0 aliphatic carbocycles. The van der Waals surface area contributed by atoms with Gasteiger partial charge in [-0.05, 0) is 25.0 Å². The molecule has 1 aliphatic rings. The molecule has 0 radical (unpaired) electrons. The van der Waals surface area contributed by atoms with Crippen LogP contribution in [-0.2, 0) is 6.54 Å². The van der Waals surface area contributed by atoms with E-state index in [1.807, 2.05) is 0 Å². The molecular weight excluding hydrogens is 226 g/mol. The number of likely N-dealkylation sites (tertiary alicyclic amines) is 1. The monoisotopic (exact) mass is 239 g/mol. The molecule has 1 aliphatic heterocycles. The zero-order valence-corrected chi connectivity index (χ0v) is 9.42. The summed E-state index contributed by atoms with van der Waals surface area (Å²) in [5.74, 6) is 0. The van der Waals surface area contributed by atoms with Crippen molar-refractivity contribution in [2.75, 3.05) is 6.54 Å². The number of nitrogens with zero attached hydrogens (tertiary/aromatic N) is 1. The van der Waals surface area contributed by atoms with Gasteiger partial charge in [-0.25, -0.2) is 0 Å². The summed E-state index contributed by atoms with van der Waals surface area (Å²) in [6.45, 7) is 4.63. The van der Waals surface area contributed by atoms with Gasteiger partial charge in [-0.1, -0.05) is 34.1 Å². The Morgan fingerprint density at radius 2 is 2.23 bits per heavy atom. The maximum Gasteiger partial charge on any atom is 0.0247 e. The molecule has 13 heavy (non-hydrogen) atoms. The van der Waals surface area contributed by atoms with Crippen LogP contribution in [0, 0.1) is 0 Å². The molecule has 0 aromatic heterocycles. The lowest BCUT2D eigenvalue weighted by Gasteiger charge is -2.38. The lowest BCUT2D eigenvalue weighted by atomic mass is 10.0. The number of hydrogen-bond donors (Lipinski definition) is 0. The zero-order valence-electron chi connectivity index (χ0n) is 7.83. The number of benzene rings is 1. The van der Waals surface area contributed by atoms with Crippen molar-refractivity contribution in [1.29, 1.82) is 0 Å². The molecule has 70 valence electrons. The van der Waals surface area contributed by atoms with E-state index < -0.39 is 0 Å². The number of hydrogen-bond acceptors (Lipinski definition) is 1. The maximum atomic E-state index is 3.57. The van der Waals surface area contributed by atoms with Crippen molar-refractivity contribution < 1.29 is 0 Å². The number of halogens is 1. The maximum absolute atomic E-state index is 3.57. The molecule has 0 amide bonds. The molecule has 1 fully saturated rings. The fourth-order valence-electron chi connectivity index (χ4n) is 1.65. The van der Waals surface area contributed by atoms with Crippen molar-refractivity contribution in [2.24, 2.45) is 0 Å². The highest BCUT2D eigenvalue weighted by atomic mass is 79.9. The molecule has 1 saturated heterocycles. The van der Waals surface area contributed by atoms with Crippen LogP contribution in [0.5, 0.6) is 0 Å². The van der Waals surface area contributed by atoms with Crippen LogP contribution in [0.2, 0.25) is 0 Å². The fraction of sp³-hybridized carbons (Fsp3) is 0.455. The standard InChI is InChI=1S/C11H14BrN/c1-9-6-7-13(9)8-10-4-2-3-5-11(10)12/h2-5,9H,6-8H2,1H3. The lowest BCUT2D eigenvalue weighted by molar-refractivity contribution is 0.0957. The molecule has 2 rings (SSSR count). The summed E-state index contributed by atoms with van der Waals surface area (Å²) < 4.78 is 1.23. The van der Waals surface area contributed by atoms with Gasteiger partial charge in [0.15, 0.2) is 0 Å². The lowest BCUT2D eigenvalue weighted by Crippen LogP contribution is -2.44. The highest BCUT2D eigenvalue weighted by molar-refractivity contribution is 9.10. The highest BCUT2D eigenvalue weighted by Gasteiger charge is 2.23. The Kier molecular flexibility index (Phi) is 2.70. The molecule has 0 N–H and O–H groups in total. The Bertz CT molecular complexity index is 298. The van der Waals surface area contributed by atoms with Crippen LogP contribution in [-0.4, -0.2) is 17.5 Å². The van der Waals surface area contributed by atoms with Crippen LogP contribution in [0.4, 0.5) is 0 Å². The van der Waals surface area contributed by atoms with Gasteiger partial charge in [0.25, 0.3) is 0 Å². The number of rotatable bonds is 2. The van der Waals surface area contributed by atoms with Crippen LogP contribution in [0.15, 0.2) is 28.7 Å². The molecule has 1 unspecified atom stereocenters. The first kappa shape index (κ1) is 9.22. The van der Waals surface area contributed by atoms with Crippen LogP contribution in [0.1, 0.15) is 18.9 Å². The minimum absolute atomic E-state index is 0.770. The zero-order chi connectivity index (χ0) is 9.26. The summed E-state index contributed by atoms with van der Waals surface area (Å²) in [6, 6.07) is 9.24. The van der Waals surface area contributed by atoms with Gasteiger partial charge in [0.2, 0.25) is 0 Å². The van der Waals surface area contributed by atoms with Gasteiger partial charge in [0, 0.05) is 23.6 Å². The van der Waals surface area contributed by atoms with E-state index in [4.69, 9.17) is 0 Å². The van der Waals surface area contributed by atoms with Gasteiger partial charge in [0.05, 0.1) is 0 Å². The van der Waals surface area contributed by atoms with Gasteiger partial charge < -0.3 is 0 Å². The Labute approximate surface area is 87.9 Å². The van der Waals surface area contributed by atoms with Crippen molar-refractivity contribution in [1.82, 2.24) is 4.90 Å². The molecular formula is C11H14BrN. The van der Waals surface area contributed by atoms with E-state index in [1.54, 1.807) is 0 Å². The van der Waals surface area contributed by atoms with Gasteiger partial charge >= 0.3 is 0 Å². The molecule has 1 heterocycles. The highest BCUT2D eigenvalue weighted by Crippen LogP contribution is 2.23. The van der Waals surface area contributed by atoms with Crippen molar-refractivity contribution in [3.8, 4) is 0 Å². The first-order valence-electron chi connectivity index (χ1n) is 4.75. The minimum atomic E-state index is 0.770. The van der Waals surface area contributed by atoms with Crippen molar-refractivity contribution in [2.45, 2.75) is 25.9 Å². The molecule has 0 spiro atoms. The fourth-order valence-corrected chi connectivity index (χ4v) is 2.06. The van der Waals surface area contributed by atoms with E-state index in [0.717, 1.165) is 12.6 Å². The largest absolute Gasteiger partial charge is 0.296 e. The Morgan fingerprint density at radius 3 is 2.77 bits per heavy atom. The van der Waals surface area contributed by atoms with E-state index in [2.05, 4.69) is 52.0 Å². The van der Waals surface area contributed by atoms with Crippen LogP contribution in [0.25, 0.3) is 0 Å². The molecule has 0 saturated carbocycles.